The summed E-state index contributed by atoms with van der Waals surface area (Å²) in [6.45, 7) is 4.51. The molecule has 1 aliphatic heterocycles. The Balaban J connectivity index is 1.58. The summed E-state index contributed by atoms with van der Waals surface area (Å²) >= 11 is 0. The van der Waals surface area contributed by atoms with Gasteiger partial charge in [0.15, 0.2) is 0 Å². The lowest BCUT2D eigenvalue weighted by molar-refractivity contribution is -0.139. The van der Waals surface area contributed by atoms with Crippen LogP contribution in [0.15, 0.2) is 18.5 Å². The van der Waals surface area contributed by atoms with Crippen LogP contribution in [0.3, 0.4) is 0 Å². The van der Waals surface area contributed by atoms with Gasteiger partial charge in [-0.1, -0.05) is 19.1 Å². The molecule has 11 nitrogen and oxygen atoms in total. The van der Waals surface area contributed by atoms with Crippen molar-refractivity contribution in [3.8, 4) is 17.4 Å². The van der Waals surface area contributed by atoms with E-state index in [1.165, 1.54) is 6.33 Å². The number of hydrogen-bond acceptors (Lipinski definition) is 8. The highest BCUT2D eigenvalue weighted by molar-refractivity contribution is 5.67. The second kappa shape index (κ2) is 10.5. The van der Waals surface area contributed by atoms with Gasteiger partial charge in [0.2, 0.25) is 0 Å². The van der Waals surface area contributed by atoms with Crippen molar-refractivity contribution in [2.45, 2.75) is 58.6 Å². The van der Waals surface area contributed by atoms with E-state index in [0.29, 0.717) is 47.4 Å². The van der Waals surface area contributed by atoms with E-state index in [4.69, 9.17) is 14.8 Å². The molecule has 1 atom stereocenters. The molecular weight excluding hydrogens is 474 g/mol. The number of rotatable bonds is 10. The van der Waals surface area contributed by atoms with Crippen molar-refractivity contribution in [2.75, 3.05) is 18.0 Å². The zero-order chi connectivity index (χ0) is 25.9. The summed E-state index contributed by atoms with van der Waals surface area (Å²) in [7, 11) is 1.75. The molecule has 4 rings (SSSR count). The molecule has 0 saturated carbocycles. The molecule has 4 heterocycles. The van der Waals surface area contributed by atoms with Crippen molar-refractivity contribution in [1.82, 2.24) is 34.7 Å². The predicted octanol–water partition coefficient (Wildman–Crippen LogP) is 2.96. The third kappa shape index (κ3) is 5.60. The number of pyridine rings is 1. The van der Waals surface area contributed by atoms with Gasteiger partial charge >= 0.3 is 12.0 Å². The van der Waals surface area contributed by atoms with Gasteiger partial charge in [0.25, 0.3) is 5.92 Å². The summed E-state index contributed by atoms with van der Waals surface area (Å²) in [5.41, 5.74) is 2.94. The number of alkyl halides is 2. The summed E-state index contributed by atoms with van der Waals surface area (Å²) < 4.78 is 38.1. The first-order valence-electron chi connectivity index (χ1n) is 11.9. The van der Waals surface area contributed by atoms with E-state index in [-0.39, 0.29) is 19.6 Å². The molecule has 0 radical (unpaired) electrons. The Morgan fingerprint density at radius 3 is 2.83 bits per heavy atom. The molecule has 194 valence electrons. The number of carboxylic acids is 1. The van der Waals surface area contributed by atoms with Crippen LogP contribution in [0.4, 0.5) is 14.5 Å². The molecule has 13 heteroatoms. The van der Waals surface area contributed by atoms with Gasteiger partial charge in [-0.25, -0.2) is 23.1 Å². The van der Waals surface area contributed by atoms with Crippen LogP contribution in [-0.2, 0) is 31.4 Å². The second-order valence-corrected chi connectivity index (χ2v) is 8.98. The topological polar surface area (TPSA) is 124 Å². The minimum atomic E-state index is -2.98. The Hall–Kier alpha value is -3.64. The number of halogens is 2. The highest BCUT2D eigenvalue weighted by atomic mass is 19.3. The summed E-state index contributed by atoms with van der Waals surface area (Å²) in [6.07, 6.45) is 2.09. The van der Waals surface area contributed by atoms with E-state index in [0.717, 1.165) is 6.42 Å². The van der Waals surface area contributed by atoms with Crippen LogP contribution in [0.5, 0.6) is 6.01 Å². The van der Waals surface area contributed by atoms with E-state index >= 15 is 0 Å². The number of aliphatic carboxylic acids is 1. The maximum Gasteiger partial charge on any atom is 0.315 e. The number of carbonyl (C=O) groups is 1. The van der Waals surface area contributed by atoms with Crippen LogP contribution in [0, 0.1) is 5.92 Å². The van der Waals surface area contributed by atoms with Gasteiger partial charge in [0.1, 0.15) is 24.3 Å². The first-order valence-corrected chi connectivity index (χ1v) is 11.9. The number of ether oxygens (including phenoxy) is 1. The molecule has 1 aliphatic rings. The van der Waals surface area contributed by atoms with Crippen molar-refractivity contribution in [2.24, 2.45) is 13.0 Å². The van der Waals surface area contributed by atoms with E-state index in [1.807, 2.05) is 13.8 Å². The first kappa shape index (κ1) is 25.5. The Kier molecular flexibility index (Phi) is 7.45. The molecule has 36 heavy (non-hydrogen) atoms. The van der Waals surface area contributed by atoms with Gasteiger partial charge in [-0.15, -0.1) is 5.10 Å². The van der Waals surface area contributed by atoms with Gasteiger partial charge in [-0.05, 0) is 30.9 Å². The number of anilines is 1. The quantitative estimate of drug-likeness (QED) is 0.444. The molecule has 0 bridgehead atoms. The third-order valence-corrected chi connectivity index (χ3v) is 6.12. The van der Waals surface area contributed by atoms with Crippen LogP contribution in [-0.4, -0.2) is 64.8 Å². The summed E-state index contributed by atoms with van der Waals surface area (Å²) in [6, 6.07) is 3.86. The van der Waals surface area contributed by atoms with Gasteiger partial charge in [0.05, 0.1) is 30.0 Å². The molecule has 0 aromatic carbocycles. The third-order valence-electron chi connectivity index (χ3n) is 6.12. The Morgan fingerprint density at radius 2 is 2.11 bits per heavy atom. The fourth-order valence-electron chi connectivity index (χ4n) is 4.55. The maximum atomic E-state index is 14.5. The van der Waals surface area contributed by atoms with Crippen molar-refractivity contribution in [3.63, 3.8) is 0 Å². The van der Waals surface area contributed by atoms with Crippen LogP contribution in [0.25, 0.3) is 11.4 Å². The van der Waals surface area contributed by atoms with Gasteiger partial charge < -0.3 is 14.7 Å². The minimum absolute atomic E-state index is 0.140. The number of hydrogen-bond donors (Lipinski definition) is 1. The van der Waals surface area contributed by atoms with E-state index < -0.39 is 30.8 Å². The van der Waals surface area contributed by atoms with Crippen molar-refractivity contribution >= 4 is 11.7 Å². The fourth-order valence-corrected chi connectivity index (χ4v) is 4.55. The normalized spacial score (nSPS) is 17.4. The van der Waals surface area contributed by atoms with Crippen LogP contribution < -0.4 is 9.64 Å². The molecule has 0 amide bonds. The smallest absolute Gasteiger partial charge is 0.315 e. The first-order chi connectivity index (χ1) is 17.2. The molecular formula is C23H30F2N8O3. The molecule has 0 spiro atoms. The minimum Gasteiger partial charge on any atom is -0.481 e. The summed E-state index contributed by atoms with van der Waals surface area (Å²) in [4.78, 5) is 21.6. The predicted molar refractivity (Wildman–Crippen MR) is 126 cm³/mol. The maximum absolute atomic E-state index is 14.5. The average molecular weight is 505 g/mol. The standard InChI is InChI=1S/C23H30F2N8O3/c1-4-8-33-22(26-14-27-33)36-12-19-21(29-30-31(19)3)17-6-7-18(16(5-2)28-17)32-11-15(9-20(34)35)10-23(24,25)13-32/h6-7,14-15H,4-5,8-13H2,1-3H3,(H,34,35). The highest BCUT2D eigenvalue weighted by Crippen LogP contribution is 2.36. The summed E-state index contributed by atoms with van der Waals surface area (Å²) in [5.74, 6) is -4.70. The molecule has 1 saturated heterocycles. The zero-order valence-corrected chi connectivity index (χ0v) is 20.6. The lowest BCUT2D eigenvalue weighted by atomic mass is 9.91. The zero-order valence-electron chi connectivity index (χ0n) is 20.6. The van der Waals surface area contributed by atoms with E-state index in [1.54, 1.807) is 33.4 Å². The Morgan fingerprint density at radius 1 is 1.31 bits per heavy atom. The number of carboxylic acid groups (broad SMARTS) is 1. The number of piperidine rings is 1. The van der Waals surface area contributed by atoms with Gasteiger partial charge in [-0.2, -0.15) is 10.1 Å². The van der Waals surface area contributed by atoms with Crippen molar-refractivity contribution < 1.29 is 23.4 Å². The van der Waals surface area contributed by atoms with Gasteiger partial charge in [0, 0.05) is 26.6 Å². The number of nitrogens with zero attached hydrogens (tertiary/aromatic N) is 8. The monoisotopic (exact) mass is 504 g/mol. The second-order valence-electron chi connectivity index (χ2n) is 8.98. The average Bonchev–Trinajstić information content (AvgIpc) is 3.41. The Bertz CT molecular complexity index is 1210. The fraction of sp³-hybridized carbons (Fsp3) is 0.565. The SMILES string of the molecule is CCCn1ncnc1OCc1c(-c2ccc(N3CC(CC(=O)O)CC(F)(F)C3)c(CC)n2)nnn1C. The molecule has 3 aromatic rings. The molecule has 1 N–H and O–H groups in total. The lowest BCUT2D eigenvalue weighted by Crippen LogP contribution is -2.48. The Labute approximate surface area is 207 Å². The molecule has 1 fully saturated rings. The van der Waals surface area contributed by atoms with E-state index in [2.05, 4.69) is 20.4 Å². The van der Waals surface area contributed by atoms with Crippen LogP contribution in [0.1, 0.15) is 44.5 Å². The number of aryl methyl sites for hydroxylation is 3. The van der Waals surface area contributed by atoms with Crippen molar-refractivity contribution in [3.05, 3.63) is 29.8 Å². The molecule has 3 aromatic heterocycles. The van der Waals surface area contributed by atoms with Gasteiger partial charge in [-0.3, -0.25) is 4.79 Å². The largest absolute Gasteiger partial charge is 0.481 e. The van der Waals surface area contributed by atoms with Crippen LogP contribution >= 0.6 is 0 Å². The molecule has 1 unspecified atom stereocenters. The van der Waals surface area contributed by atoms with Crippen LogP contribution in [0.2, 0.25) is 0 Å². The number of aromatic nitrogens is 7. The van der Waals surface area contributed by atoms with Crippen molar-refractivity contribution in [1.29, 1.82) is 0 Å². The summed E-state index contributed by atoms with van der Waals surface area (Å²) in [5, 5.41) is 21.7. The lowest BCUT2D eigenvalue weighted by Gasteiger charge is -2.39. The van der Waals surface area contributed by atoms with E-state index in [9.17, 15) is 13.6 Å². The molecule has 0 aliphatic carbocycles. The highest BCUT2D eigenvalue weighted by Gasteiger charge is 2.41.